The summed E-state index contributed by atoms with van der Waals surface area (Å²) < 4.78 is 39.3. The normalized spacial score (nSPS) is 25.5. The molecule has 1 aromatic heterocycles. The second-order valence-corrected chi connectivity index (χ2v) is 17.2. The molecular weight excluding hydrogens is 703 g/mol. The number of nitrogens with one attached hydrogen (secondary N) is 3. The van der Waals surface area contributed by atoms with Crippen molar-refractivity contribution in [3.8, 4) is 0 Å². The number of para-hydroxylation sites is 2. The number of nitrogens with two attached hydrogens (primary N) is 1. The van der Waals surface area contributed by atoms with Crippen LogP contribution >= 0.6 is 0 Å². The summed E-state index contributed by atoms with van der Waals surface area (Å²) in [5.74, 6) is -1.31. The number of Topliss-reactive ketones (excluding diaryl/α,β-unsaturated/α-hetero) is 1. The monoisotopic (exact) mass is 757 g/mol. The predicted molar refractivity (Wildman–Crippen MR) is 197 cm³/mol. The van der Waals surface area contributed by atoms with Gasteiger partial charge >= 0.3 is 6.09 Å². The molecule has 4 aliphatic rings. The first kappa shape index (κ1) is 39.1. The third-order valence-electron chi connectivity index (χ3n) is 11.3. The van der Waals surface area contributed by atoms with E-state index in [4.69, 9.17) is 14.9 Å². The van der Waals surface area contributed by atoms with Crippen LogP contribution < -0.4 is 21.1 Å². The Labute approximate surface area is 311 Å². The van der Waals surface area contributed by atoms with Gasteiger partial charge in [-0.15, -0.1) is 0 Å². The van der Waals surface area contributed by atoms with Crippen LogP contribution in [-0.4, -0.2) is 116 Å². The van der Waals surface area contributed by atoms with Crippen LogP contribution in [0.2, 0.25) is 0 Å². The highest BCUT2D eigenvalue weighted by Gasteiger charge is 2.45. The van der Waals surface area contributed by atoms with E-state index >= 15 is 0 Å². The average molecular weight is 758 g/mol. The van der Waals surface area contributed by atoms with Crippen molar-refractivity contribution in [2.24, 2.45) is 17.6 Å². The summed E-state index contributed by atoms with van der Waals surface area (Å²) in [6.45, 7) is 2.77. The lowest BCUT2D eigenvalue weighted by Crippen LogP contribution is -2.55. The minimum absolute atomic E-state index is 0.000870. The number of nitrogens with zero attached hydrogens (tertiary/aromatic N) is 3. The molecule has 0 bridgehead atoms. The van der Waals surface area contributed by atoms with Crippen molar-refractivity contribution in [2.75, 3.05) is 39.0 Å². The molecule has 2 aromatic rings. The van der Waals surface area contributed by atoms with Gasteiger partial charge in [-0.05, 0) is 114 Å². The Morgan fingerprint density at radius 2 is 1.72 bits per heavy atom. The molecule has 3 aliphatic heterocycles. The Bertz CT molecular complexity index is 1670. The predicted octanol–water partition coefficient (Wildman–Crippen LogP) is 2.69. The highest BCUT2D eigenvalue weighted by molar-refractivity contribution is 7.88. The standard InChI is InChI=1S/C37H55N7O8S/c1-53(49,50)42-29(14-11-24-15-17-39-18-16-24)36(47)44-23-27(51-37(48)43-19-5-2-6-20-43)22-31(44)34(46)40-30(21-25-9-12-26(38)13-10-25)33(45)35-41-28-7-3-4-8-32(28)52-35/h3-4,7-8,24-27,29-31,39,42H,2,5-6,9-23,38H2,1H3,(H,40,46)/t25?,26?,27-,29-,30?,31+/m1/s1. The fraction of sp³-hybridized carbons (Fsp3) is 0.703. The summed E-state index contributed by atoms with van der Waals surface area (Å²) in [6.07, 6.45) is 8.74. The van der Waals surface area contributed by atoms with Crippen LogP contribution in [0.4, 0.5) is 4.79 Å². The maximum absolute atomic E-state index is 14.4. The zero-order valence-electron chi connectivity index (χ0n) is 30.7. The van der Waals surface area contributed by atoms with E-state index in [1.807, 2.05) is 0 Å². The van der Waals surface area contributed by atoms with Gasteiger partial charge in [-0.25, -0.2) is 22.9 Å². The van der Waals surface area contributed by atoms with E-state index in [1.54, 1.807) is 29.2 Å². The van der Waals surface area contributed by atoms with Crippen LogP contribution in [0.25, 0.3) is 11.1 Å². The van der Waals surface area contributed by atoms with E-state index < -0.39 is 57.9 Å². The molecule has 15 nitrogen and oxygen atoms in total. The van der Waals surface area contributed by atoms with E-state index in [0.29, 0.717) is 42.9 Å². The van der Waals surface area contributed by atoms with E-state index in [0.717, 1.165) is 77.1 Å². The van der Waals surface area contributed by atoms with Crippen LogP contribution in [0.15, 0.2) is 28.7 Å². The number of benzene rings is 1. The third kappa shape index (κ3) is 10.5. The van der Waals surface area contributed by atoms with E-state index in [-0.39, 0.29) is 37.2 Å². The van der Waals surface area contributed by atoms with Gasteiger partial charge in [0.2, 0.25) is 27.6 Å². The Balaban J connectivity index is 1.24. The zero-order valence-corrected chi connectivity index (χ0v) is 31.5. The lowest BCUT2D eigenvalue weighted by Gasteiger charge is -2.31. The quantitative estimate of drug-likeness (QED) is 0.219. The molecule has 0 radical (unpaired) electrons. The van der Waals surface area contributed by atoms with Crippen molar-refractivity contribution >= 4 is 44.8 Å². The molecule has 3 saturated heterocycles. The molecule has 4 fully saturated rings. The number of carbonyl (C=O) groups is 4. The molecule has 1 aliphatic carbocycles. The van der Waals surface area contributed by atoms with E-state index in [1.165, 1.54) is 4.90 Å². The van der Waals surface area contributed by atoms with Crippen LogP contribution in [0.1, 0.15) is 94.2 Å². The number of sulfonamides is 1. The minimum atomic E-state index is -3.80. The lowest BCUT2D eigenvalue weighted by atomic mass is 9.82. The SMILES string of the molecule is CS(=O)(=O)N[C@H](CCC1CCNCC1)C(=O)N1C[C@H](OC(=O)N2CCCCC2)C[C@H]1C(=O)NC(CC1CCC(N)CC1)C(=O)c1nc2ccccc2o1. The number of ketones is 1. The Morgan fingerprint density at radius 1 is 1.00 bits per heavy atom. The second kappa shape index (κ2) is 17.7. The molecule has 4 atom stereocenters. The minimum Gasteiger partial charge on any atom is -0.444 e. The molecule has 0 spiro atoms. The van der Waals surface area contributed by atoms with Crippen molar-refractivity contribution in [3.63, 3.8) is 0 Å². The van der Waals surface area contributed by atoms with Crippen molar-refractivity contribution < 1.29 is 36.7 Å². The van der Waals surface area contributed by atoms with Gasteiger partial charge in [-0.3, -0.25) is 14.4 Å². The Hall–Kier alpha value is -3.60. The molecule has 3 amide bonds. The molecule has 16 heteroatoms. The molecule has 6 rings (SSSR count). The number of likely N-dealkylation sites (tertiary alicyclic amines) is 2. The zero-order chi connectivity index (χ0) is 37.5. The van der Waals surface area contributed by atoms with Gasteiger partial charge in [0, 0.05) is 25.6 Å². The van der Waals surface area contributed by atoms with Crippen molar-refractivity contribution in [1.29, 1.82) is 0 Å². The van der Waals surface area contributed by atoms with Crippen LogP contribution in [0.5, 0.6) is 0 Å². The van der Waals surface area contributed by atoms with Gasteiger partial charge in [0.25, 0.3) is 5.89 Å². The highest BCUT2D eigenvalue weighted by atomic mass is 32.2. The molecular formula is C37H55N7O8S. The maximum atomic E-state index is 14.4. The summed E-state index contributed by atoms with van der Waals surface area (Å²) in [4.78, 5) is 63.4. The first-order chi connectivity index (χ1) is 25.4. The fourth-order valence-electron chi connectivity index (χ4n) is 8.32. The van der Waals surface area contributed by atoms with E-state index in [2.05, 4.69) is 20.3 Å². The van der Waals surface area contributed by atoms with Gasteiger partial charge in [-0.2, -0.15) is 0 Å². The Kier molecular flexibility index (Phi) is 13.1. The summed E-state index contributed by atoms with van der Waals surface area (Å²) in [7, 11) is -3.80. The van der Waals surface area contributed by atoms with E-state index in [9.17, 15) is 27.6 Å². The number of fused-ring (bicyclic) bond motifs is 1. The summed E-state index contributed by atoms with van der Waals surface area (Å²) in [6, 6.07) is 3.88. The molecule has 53 heavy (non-hydrogen) atoms. The first-order valence-electron chi connectivity index (χ1n) is 19.3. The number of carbonyl (C=O) groups excluding carboxylic acids is 4. The van der Waals surface area contributed by atoms with Crippen molar-refractivity contribution in [2.45, 2.75) is 114 Å². The van der Waals surface area contributed by atoms with Crippen LogP contribution in [0, 0.1) is 11.8 Å². The molecule has 5 N–H and O–H groups in total. The maximum Gasteiger partial charge on any atom is 0.410 e. The largest absolute Gasteiger partial charge is 0.444 e. The average Bonchev–Trinajstić information content (AvgIpc) is 3.78. The number of ether oxygens (including phenoxy) is 1. The van der Waals surface area contributed by atoms with Crippen LogP contribution in [0.3, 0.4) is 0 Å². The molecule has 1 unspecified atom stereocenters. The highest BCUT2D eigenvalue weighted by Crippen LogP contribution is 2.30. The van der Waals surface area contributed by atoms with Crippen molar-refractivity contribution in [3.05, 3.63) is 30.2 Å². The number of hydrogen-bond acceptors (Lipinski definition) is 11. The topological polar surface area (TPSA) is 206 Å². The smallest absolute Gasteiger partial charge is 0.410 e. The van der Waals surface area contributed by atoms with Gasteiger partial charge in [-0.1, -0.05) is 12.1 Å². The van der Waals surface area contributed by atoms with Crippen molar-refractivity contribution in [1.82, 2.24) is 30.1 Å². The summed E-state index contributed by atoms with van der Waals surface area (Å²) >= 11 is 0. The third-order valence-corrected chi connectivity index (χ3v) is 12.0. The molecule has 1 aromatic carbocycles. The number of rotatable bonds is 13. The molecule has 292 valence electrons. The number of hydrogen-bond donors (Lipinski definition) is 4. The number of oxazole rings is 1. The molecule has 4 heterocycles. The van der Waals surface area contributed by atoms with Gasteiger partial charge < -0.3 is 35.3 Å². The fourth-order valence-corrected chi connectivity index (χ4v) is 9.05. The Morgan fingerprint density at radius 3 is 2.42 bits per heavy atom. The lowest BCUT2D eigenvalue weighted by molar-refractivity contribution is -0.140. The van der Waals surface area contributed by atoms with Gasteiger partial charge in [0.05, 0.1) is 18.8 Å². The number of aromatic nitrogens is 1. The molecule has 1 saturated carbocycles. The summed E-state index contributed by atoms with van der Waals surface area (Å²) in [5.41, 5.74) is 7.13. The second-order valence-electron chi connectivity index (χ2n) is 15.4. The number of amides is 3. The summed E-state index contributed by atoms with van der Waals surface area (Å²) in [5, 5.41) is 6.27. The number of piperidine rings is 2. The van der Waals surface area contributed by atoms with Gasteiger partial charge in [0.1, 0.15) is 23.7 Å². The van der Waals surface area contributed by atoms with Crippen LogP contribution in [-0.2, 0) is 24.3 Å². The first-order valence-corrected chi connectivity index (χ1v) is 21.2. The van der Waals surface area contributed by atoms with Gasteiger partial charge in [0.15, 0.2) is 5.58 Å².